The molecule has 0 aliphatic carbocycles. The molecule has 8 heteroatoms. The van der Waals surface area contributed by atoms with E-state index in [1.54, 1.807) is 0 Å². The molecule has 170 valence electrons. The third-order valence-corrected chi connectivity index (χ3v) is 7.01. The first-order valence-corrected chi connectivity index (χ1v) is 11.8. The van der Waals surface area contributed by atoms with Crippen LogP contribution >= 0.6 is 11.6 Å². The van der Waals surface area contributed by atoms with Gasteiger partial charge >= 0.3 is 0 Å². The summed E-state index contributed by atoms with van der Waals surface area (Å²) >= 11 is 6.65. The Labute approximate surface area is 193 Å². The third kappa shape index (κ3) is 3.98. The van der Waals surface area contributed by atoms with Crippen LogP contribution in [0.15, 0.2) is 16.7 Å². The minimum atomic E-state index is 0.305. The van der Waals surface area contributed by atoms with Gasteiger partial charge in [-0.25, -0.2) is 4.98 Å². The summed E-state index contributed by atoms with van der Waals surface area (Å²) in [6, 6.07) is 5.36. The van der Waals surface area contributed by atoms with E-state index in [0.29, 0.717) is 34.9 Å². The normalized spacial score (nSPS) is 23.9. The molecule has 2 aliphatic rings. The van der Waals surface area contributed by atoms with Crippen molar-refractivity contribution in [1.29, 1.82) is 0 Å². The Bertz CT molecular complexity index is 1140. The van der Waals surface area contributed by atoms with E-state index in [1.807, 2.05) is 19.9 Å². The molecule has 3 atom stereocenters. The highest BCUT2D eigenvalue weighted by Gasteiger charge is 2.32. The van der Waals surface area contributed by atoms with Gasteiger partial charge in [-0.1, -0.05) is 16.8 Å². The summed E-state index contributed by atoms with van der Waals surface area (Å²) in [5, 5.41) is 9.53. The third-order valence-electron chi connectivity index (χ3n) is 6.72. The predicted octanol–water partition coefficient (Wildman–Crippen LogP) is 4.60. The van der Waals surface area contributed by atoms with Crippen molar-refractivity contribution in [2.24, 2.45) is 0 Å². The smallest absolute Gasteiger partial charge is 0.261 e. The van der Waals surface area contributed by atoms with Crippen molar-refractivity contribution in [3.8, 4) is 11.5 Å². The number of piperidine rings is 1. The van der Waals surface area contributed by atoms with Gasteiger partial charge in [0.2, 0.25) is 0 Å². The molecule has 0 radical (unpaired) electrons. The molecule has 0 amide bonds. The summed E-state index contributed by atoms with van der Waals surface area (Å²) < 4.78 is 11.2. The zero-order chi connectivity index (χ0) is 22.4. The fourth-order valence-corrected chi connectivity index (χ4v) is 5.41. The van der Waals surface area contributed by atoms with Crippen LogP contribution in [-0.4, -0.2) is 53.0 Å². The molecular formula is C24H30ClN5O2. The van der Waals surface area contributed by atoms with Crippen LogP contribution in [-0.2, 0) is 4.74 Å². The largest absolute Gasteiger partial charge is 0.380 e. The number of aromatic nitrogens is 3. The first-order chi connectivity index (χ1) is 15.4. The molecule has 0 saturated carbocycles. The average Bonchev–Trinajstić information content (AvgIpc) is 3.40. The van der Waals surface area contributed by atoms with Gasteiger partial charge in [0.05, 0.1) is 22.7 Å². The molecule has 0 bridgehead atoms. The Hall–Kier alpha value is -2.22. The van der Waals surface area contributed by atoms with Gasteiger partial charge in [0.25, 0.3) is 5.89 Å². The number of anilines is 1. The van der Waals surface area contributed by atoms with Crippen LogP contribution in [0.1, 0.15) is 43.1 Å². The maximum atomic E-state index is 6.65. The fourth-order valence-electron chi connectivity index (χ4n) is 5.10. The monoisotopic (exact) mass is 455 g/mol. The molecule has 0 spiro atoms. The maximum Gasteiger partial charge on any atom is 0.261 e. The zero-order valence-corrected chi connectivity index (χ0v) is 19.9. The number of halogens is 1. The molecule has 1 N–H and O–H groups in total. The number of ether oxygens (including phenoxy) is 1. The number of nitrogens with zero attached hydrogens (tertiary/aromatic N) is 4. The molecule has 1 aromatic carbocycles. The number of rotatable bonds is 4. The SMILES string of the molecule is Cc1cc(Cl)c2nc(N3CC[C@H](NC4CCOC4)C[C@H]3C)c(-c3nc(C)no3)c(C)c2c1. The molecule has 2 saturated heterocycles. The van der Waals surface area contributed by atoms with Crippen LogP contribution in [0.4, 0.5) is 5.82 Å². The van der Waals surface area contributed by atoms with E-state index in [9.17, 15) is 0 Å². The van der Waals surface area contributed by atoms with E-state index in [-0.39, 0.29) is 0 Å². The predicted molar refractivity (Wildman–Crippen MR) is 126 cm³/mol. The van der Waals surface area contributed by atoms with Crippen molar-refractivity contribution >= 4 is 28.3 Å². The fraction of sp³-hybridized carbons (Fsp3) is 0.542. The Morgan fingerprint density at radius 1 is 1.12 bits per heavy atom. The number of hydrogen-bond acceptors (Lipinski definition) is 7. The Kier molecular flexibility index (Phi) is 5.82. The van der Waals surface area contributed by atoms with Gasteiger partial charge in [-0.3, -0.25) is 0 Å². The van der Waals surface area contributed by atoms with Crippen LogP contribution in [0.5, 0.6) is 0 Å². The van der Waals surface area contributed by atoms with Crippen LogP contribution in [0, 0.1) is 20.8 Å². The summed E-state index contributed by atoms with van der Waals surface area (Å²) in [5.74, 6) is 2.00. The van der Waals surface area contributed by atoms with Gasteiger partial charge in [0.15, 0.2) is 5.82 Å². The molecule has 5 rings (SSSR count). The number of pyridine rings is 1. The number of fused-ring (bicyclic) bond motifs is 1. The lowest BCUT2D eigenvalue weighted by Crippen LogP contribution is -2.50. The van der Waals surface area contributed by atoms with E-state index in [1.165, 1.54) is 0 Å². The molecule has 1 unspecified atom stereocenters. The lowest BCUT2D eigenvalue weighted by molar-refractivity contribution is 0.185. The van der Waals surface area contributed by atoms with E-state index < -0.39 is 0 Å². The molecule has 7 nitrogen and oxygen atoms in total. The van der Waals surface area contributed by atoms with Gasteiger partial charge < -0.3 is 19.5 Å². The van der Waals surface area contributed by atoms with Crippen molar-refractivity contribution in [2.75, 3.05) is 24.7 Å². The van der Waals surface area contributed by atoms with Crippen molar-refractivity contribution in [1.82, 2.24) is 20.4 Å². The second-order valence-corrected chi connectivity index (χ2v) is 9.62. The molecule has 2 aromatic heterocycles. The van der Waals surface area contributed by atoms with Gasteiger partial charge in [-0.2, -0.15) is 4.98 Å². The number of aryl methyl sites for hydroxylation is 3. The number of benzene rings is 1. The standard InChI is InChI=1S/C24H30ClN5O2/c1-13-9-19-15(3)21(24-26-16(4)29-32-24)23(28-22(19)20(25)10-13)30-7-5-17(11-14(30)2)27-18-6-8-31-12-18/h9-10,14,17-18,27H,5-8,11-12H2,1-4H3/t14-,17+,18?/m1/s1. The molecule has 2 aliphatic heterocycles. The minimum Gasteiger partial charge on any atom is -0.380 e. The van der Waals surface area contributed by atoms with Crippen LogP contribution in [0.2, 0.25) is 5.02 Å². The highest BCUT2D eigenvalue weighted by atomic mass is 35.5. The quantitative estimate of drug-likeness (QED) is 0.616. The number of nitrogens with one attached hydrogen (secondary N) is 1. The molecular weight excluding hydrogens is 426 g/mol. The lowest BCUT2D eigenvalue weighted by Gasteiger charge is -2.40. The summed E-state index contributed by atoms with van der Waals surface area (Å²) in [4.78, 5) is 12.0. The highest BCUT2D eigenvalue weighted by molar-refractivity contribution is 6.35. The highest BCUT2D eigenvalue weighted by Crippen LogP contribution is 2.40. The average molecular weight is 456 g/mol. The number of hydrogen-bond donors (Lipinski definition) is 1. The van der Waals surface area contributed by atoms with Crippen molar-refractivity contribution in [3.05, 3.63) is 34.1 Å². The van der Waals surface area contributed by atoms with Crippen molar-refractivity contribution in [2.45, 2.75) is 65.1 Å². The van der Waals surface area contributed by atoms with Crippen LogP contribution < -0.4 is 10.2 Å². The molecule has 3 aromatic rings. The van der Waals surface area contributed by atoms with Crippen LogP contribution in [0.25, 0.3) is 22.4 Å². The topological polar surface area (TPSA) is 76.3 Å². The summed E-state index contributed by atoms with van der Waals surface area (Å²) in [5.41, 5.74) is 3.89. The van der Waals surface area contributed by atoms with E-state index in [4.69, 9.17) is 25.8 Å². The van der Waals surface area contributed by atoms with Gasteiger partial charge in [0, 0.05) is 36.7 Å². The van der Waals surface area contributed by atoms with Gasteiger partial charge in [-0.15, -0.1) is 0 Å². The Morgan fingerprint density at radius 3 is 2.66 bits per heavy atom. The molecule has 2 fully saturated rings. The Morgan fingerprint density at radius 2 is 1.97 bits per heavy atom. The van der Waals surface area contributed by atoms with Crippen molar-refractivity contribution in [3.63, 3.8) is 0 Å². The Balaban J connectivity index is 1.55. The van der Waals surface area contributed by atoms with Crippen molar-refractivity contribution < 1.29 is 9.26 Å². The van der Waals surface area contributed by atoms with E-state index in [0.717, 1.165) is 72.4 Å². The molecule has 4 heterocycles. The van der Waals surface area contributed by atoms with E-state index in [2.05, 4.69) is 40.3 Å². The maximum absolute atomic E-state index is 6.65. The zero-order valence-electron chi connectivity index (χ0n) is 19.1. The summed E-state index contributed by atoms with van der Waals surface area (Å²) in [6.07, 6.45) is 3.18. The summed E-state index contributed by atoms with van der Waals surface area (Å²) in [6.45, 7) is 10.8. The van der Waals surface area contributed by atoms with Gasteiger partial charge in [0.1, 0.15) is 5.82 Å². The molecule has 32 heavy (non-hydrogen) atoms. The summed E-state index contributed by atoms with van der Waals surface area (Å²) in [7, 11) is 0. The van der Waals surface area contributed by atoms with E-state index >= 15 is 0 Å². The van der Waals surface area contributed by atoms with Crippen LogP contribution in [0.3, 0.4) is 0 Å². The van der Waals surface area contributed by atoms with Gasteiger partial charge in [-0.05, 0) is 70.2 Å². The second-order valence-electron chi connectivity index (χ2n) is 9.22. The minimum absolute atomic E-state index is 0.305. The lowest BCUT2D eigenvalue weighted by atomic mass is 9.95. The first-order valence-electron chi connectivity index (χ1n) is 11.4. The second kappa shape index (κ2) is 8.61. The first kappa shape index (κ1) is 21.6.